The summed E-state index contributed by atoms with van der Waals surface area (Å²) in [4.78, 5) is 0. The maximum Gasteiger partial charge on any atom is 0.119 e. The van der Waals surface area contributed by atoms with Crippen LogP contribution in [0.25, 0.3) is 10.9 Å². The van der Waals surface area contributed by atoms with E-state index in [9.17, 15) is 0 Å². The highest BCUT2D eigenvalue weighted by Gasteiger charge is 2.15. The second-order valence-electron chi connectivity index (χ2n) is 8.12. The molecule has 0 bridgehead atoms. The number of unbranched alkanes of at least 4 members (excludes halogenated alkanes) is 1. The molecule has 1 N–H and O–H groups in total. The van der Waals surface area contributed by atoms with E-state index in [-0.39, 0.29) is 0 Å². The first-order chi connectivity index (χ1) is 14.2. The molecule has 0 saturated heterocycles. The number of aromatic nitrogens is 2. The van der Waals surface area contributed by atoms with E-state index in [4.69, 9.17) is 4.74 Å². The van der Waals surface area contributed by atoms with Crippen molar-refractivity contribution < 1.29 is 4.74 Å². The van der Waals surface area contributed by atoms with E-state index in [1.807, 2.05) is 18.3 Å². The first kappa shape index (κ1) is 19.4. The molecule has 0 unspecified atom stereocenters. The van der Waals surface area contributed by atoms with Crippen LogP contribution in [-0.2, 0) is 6.42 Å². The van der Waals surface area contributed by atoms with Gasteiger partial charge in [0.25, 0.3) is 0 Å². The van der Waals surface area contributed by atoms with Gasteiger partial charge in [0.05, 0.1) is 29.7 Å². The number of fused-ring (bicyclic) bond motifs is 1. The third-order valence-electron chi connectivity index (χ3n) is 5.23. The Morgan fingerprint density at radius 1 is 1.03 bits per heavy atom. The fourth-order valence-corrected chi connectivity index (χ4v) is 3.58. The van der Waals surface area contributed by atoms with Gasteiger partial charge in [-0.1, -0.05) is 26.3 Å². The van der Waals surface area contributed by atoms with Gasteiger partial charge in [0.15, 0.2) is 0 Å². The lowest BCUT2D eigenvalue weighted by Crippen LogP contribution is -2.07. The van der Waals surface area contributed by atoms with Crippen LogP contribution >= 0.6 is 0 Å². The van der Waals surface area contributed by atoms with Crippen LogP contribution in [0.1, 0.15) is 50.7 Å². The zero-order valence-corrected chi connectivity index (χ0v) is 17.2. The van der Waals surface area contributed by atoms with Crippen molar-refractivity contribution in [3.63, 3.8) is 0 Å². The lowest BCUT2D eigenvalue weighted by Gasteiger charge is -2.08. The van der Waals surface area contributed by atoms with Crippen molar-refractivity contribution >= 4 is 22.3 Å². The fraction of sp³-hybridized carbons (Fsp3) is 0.375. The van der Waals surface area contributed by atoms with Crippen molar-refractivity contribution in [1.29, 1.82) is 0 Å². The fourth-order valence-electron chi connectivity index (χ4n) is 3.58. The van der Waals surface area contributed by atoms with E-state index in [2.05, 4.69) is 64.6 Å². The maximum atomic E-state index is 5.86. The second-order valence-corrected chi connectivity index (χ2v) is 8.12. The number of ether oxygens (including phenoxy) is 1. The van der Waals surface area contributed by atoms with Gasteiger partial charge in [0, 0.05) is 18.2 Å². The molecular formula is C24H28N4O. The number of nitrogens with zero attached hydrogens (tertiary/aromatic N) is 3. The van der Waals surface area contributed by atoms with Crippen LogP contribution in [-0.4, -0.2) is 28.2 Å². The Hall–Kier alpha value is -2.95. The summed E-state index contributed by atoms with van der Waals surface area (Å²) in [5.74, 6) is 1.69. The van der Waals surface area contributed by atoms with Crippen molar-refractivity contribution in [3.05, 3.63) is 59.8 Å². The Labute approximate surface area is 171 Å². The molecule has 0 aliphatic carbocycles. The summed E-state index contributed by atoms with van der Waals surface area (Å²) in [6.45, 7) is 5.30. The predicted octanol–water partition coefficient (Wildman–Crippen LogP) is 5.56. The summed E-state index contributed by atoms with van der Waals surface area (Å²) in [6, 6.07) is 14.6. The summed E-state index contributed by atoms with van der Waals surface area (Å²) in [7, 11) is 0. The minimum Gasteiger partial charge on any atom is -0.494 e. The Bertz CT molecular complexity index is 1010. The van der Waals surface area contributed by atoms with Gasteiger partial charge in [-0.3, -0.25) is 5.10 Å². The number of hydrogen-bond donors (Lipinski definition) is 1. The predicted molar refractivity (Wildman–Crippen MR) is 119 cm³/mol. The summed E-state index contributed by atoms with van der Waals surface area (Å²) in [6.07, 6.45) is 7.05. The van der Waals surface area contributed by atoms with Crippen LogP contribution in [0.15, 0.2) is 58.9 Å². The Kier molecular flexibility index (Phi) is 6.03. The van der Waals surface area contributed by atoms with Gasteiger partial charge in [-0.15, -0.1) is 0 Å². The van der Waals surface area contributed by atoms with Gasteiger partial charge >= 0.3 is 0 Å². The van der Waals surface area contributed by atoms with Crippen LogP contribution in [0.4, 0.5) is 0 Å². The Morgan fingerprint density at radius 3 is 2.72 bits per heavy atom. The minimum absolute atomic E-state index is 0.766. The molecular weight excluding hydrogens is 360 g/mol. The molecule has 29 heavy (non-hydrogen) atoms. The quantitative estimate of drug-likeness (QED) is 0.488. The van der Waals surface area contributed by atoms with Gasteiger partial charge in [0.1, 0.15) is 5.75 Å². The lowest BCUT2D eigenvalue weighted by atomic mass is 10.0. The summed E-state index contributed by atoms with van der Waals surface area (Å²) < 4.78 is 5.86. The number of H-pyrrole nitrogens is 1. The van der Waals surface area contributed by atoms with Crippen LogP contribution in [0.5, 0.6) is 5.75 Å². The molecule has 2 aromatic carbocycles. The maximum absolute atomic E-state index is 5.86. The van der Waals surface area contributed by atoms with E-state index < -0.39 is 0 Å². The number of rotatable bonds is 9. The molecule has 5 heteroatoms. The SMILES string of the molecule is CC(C)CCCCOc1ccc(C2=NN=C(Cc3ccc4[nH]ncc4c3)C2)cc1. The molecule has 0 radical (unpaired) electrons. The molecule has 150 valence electrons. The molecule has 0 saturated carbocycles. The first-order valence-corrected chi connectivity index (χ1v) is 10.4. The topological polar surface area (TPSA) is 62.6 Å². The molecule has 0 fully saturated rings. The first-order valence-electron chi connectivity index (χ1n) is 10.4. The molecule has 1 aliphatic rings. The summed E-state index contributed by atoms with van der Waals surface area (Å²) >= 11 is 0. The summed E-state index contributed by atoms with van der Waals surface area (Å²) in [5.41, 5.74) is 5.51. The molecule has 0 atom stereocenters. The van der Waals surface area contributed by atoms with Gasteiger partial charge in [-0.25, -0.2) is 0 Å². The van der Waals surface area contributed by atoms with Gasteiger partial charge in [0.2, 0.25) is 0 Å². The number of nitrogens with one attached hydrogen (secondary N) is 1. The third-order valence-corrected chi connectivity index (χ3v) is 5.23. The number of aromatic amines is 1. The summed E-state index contributed by atoms with van der Waals surface area (Å²) in [5, 5.41) is 17.0. The normalized spacial score (nSPS) is 13.8. The van der Waals surface area contributed by atoms with Crippen molar-refractivity contribution in [3.8, 4) is 5.75 Å². The van der Waals surface area contributed by atoms with Gasteiger partial charge < -0.3 is 4.74 Å². The molecule has 0 amide bonds. The minimum atomic E-state index is 0.766. The zero-order chi connectivity index (χ0) is 20.1. The van der Waals surface area contributed by atoms with Crippen LogP contribution < -0.4 is 4.74 Å². The average Bonchev–Trinajstić information content (AvgIpc) is 3.37. The highest BCUT2D eigenvalue weighted by molar-refractivity contribution is 6.15. The largest absolute Gasteiger partial charge is 0.494 e. The average molecular weight is 389 g/mol. The van der Waals surface area contributed by atoms with E-state index in [0.29, 0.717) is 0 Å². The highest BCUT2D eigenvalue weighted by atomic mass is 16.5. The van der Waals surface area contributed by atoms with Crippen molar-refractivity contribution in [2.45, 2.75) is 46.0 Å². The third kappa shape index (κ3) is 5.11. The lowest BCUT2D eigenvalue weighted by molar-refractivity contribution is 0.301. The van der Waals surface area contributed by atoms with Crippen LogP contribution in [0.3, 0.4) is 0 Å². The smallest absolute Gasteiger partial charge is 0.119 e. The van der Waals surface area contributed by atoms with Crippen LogP contribution in [0.2, 0.25) is 0 Å². The highest BCUT2D eigenvalue weighted by Crippen LogP contribution is 2.20. The molecule has 5 nitrogen and oxygen atoms in total. The molecule has 4 rings (SSSR count). The van der Waals surface area contributed by atoms with Gasteiger partial charge in [-0.2, -0.15) is 15.3 Å². The Balaban J connectivity index is 1.27. The van der Waals surface area contributed by atoms with Crippen molar-refractivity contribution in [1.82, 2.24) is 10.2 Å². The van der Waals surface area contributed by atoms with Gasteiger partial charge in [-0.05, 0) is 66.3 Å². The Morgan fingerprint density at radius 2 is 1.90 bits per heavy atom. The van der Waals surface area contributed by atoms with E-state index in [1.165, 1.54) is 18.4 Å². The van der Waals surface area contributed by atoms with E-state index in [0.717, 1.165) is 65.4 Å². The standard InChI is InChI=1S/C24H28N4O/c1-17(2)5-3-4-12-29-22-9-7-19(8-10-22)24-15-21(26-28-24)14-18-6-11-23-20(13-18)16-25-27-23/h6-11,13,16-17H,3-5,12,14-15H2,1-2H3,(H,25,27). The monoisotopic (exact) mass is 388 g/mol. The zero-order valence-electron chi connectivity index (χ0n) is 17.2. The molecule has 1 aromatic heterocycles. The number of hydrogen-bond acceptors (Lipinski definition) is 4. The second kappa shape index (κ2) is 9.03. The molecule has 2 heterocycles. The number of benzene rings is 2. The van der Waals surface area contributed by atoms with Crippen molar-refractivity contribution in [2.24, 2.45) is 16.1 Å². The van der Waals surface area contributed by atoms with Crippen molar-refractivity contribution in [2.75, 3.05) is 6.61 Å². The molecule has 1 aliphatic heterocycles. The molecule has 3 aromatic rings. The van der Waals surface area contributed by atoms with E-state index in [1.54, 1.807) is 0 Å². The molecule has 0 spiro atoms. The van der Waals surface area contributed by atoms with E-state index >= 15 is 0 Å². The van der Waals surface area contributed by atoms with Crippen LogP contribution in [0, 0.1) is 5.92 Å².